The number of aromatic nitrogens is 2. The molecule has 0 aliphatic rings. The summed E-state index contributed by atoms with van der Waals surface area (Å²) in [5.41, 5.74) is 6.91. The summed E-state index contributed by atoms with van der Waals surface area (Å²) in [6.45, 7) is 18.5. The molecule has 3 nitrogen and oxygen atoms in total. The summed E-state index contributed by atoms with van der Waals surface area (Å²) in [5, 5.41) is 3.33. The zero-order valence-electron chi connectivity index (χ0n) is 17.2. The van der Waals surface area contributed by atoms with Crippen LogP contribution in [-0.4, -0.2) is 4.98 Å². The minimum absolute atomic E-state index is 0.0276. The second-order valence-electron chi connectivity index (χ2n) is 8.42. The first-order valence-corrected chi connectivity index (χ1v) is 10.2. The average Bonchev–Trinajstić information content (AvgIpc) is 2.98. The molecular formula is C24H24N3S+. The molecule has 0 aliphatic carbocycles. The minimum atomic E-state index is 0.0276. The topological polar surface area (TPSA) is 21.1 Å². The molecule has 0 atom stereocenters. The summed E-state index contributed by atoms with van der Waals surface area (Å²) >= 11 is 1.55. The molecule has 0 amide bonds. The molecule has 0 unspecified atom stereocenters. The molecule has 0 saturated heterocycles. The van der Waals surface area contributed by atoms with Crippen molar-refractivity contribution in [3.8, 4) is 11.3 Å². The molecule has 0 aliphatic heterocycles. The van der Waals surface area contributed by atoms with Crippen LogP contribution >= 0.6 is 11.3 Å². The quantitative estimate of drug-likeness (QED) is 0.274. The summed E-state index contributed by atoms with van der Waals surface area (Å²) in [6.07, 6.45) is 1.87. The van der Waals surface area contributed by atoms with E-state index in [1.54, 1.807) is 11.3 Å². The lowest BCUT2D eigenvalue weighted by atomic mass is 9.80. The lowest BCUT2D eigenvalue weighted by Gasteiger charge is -2.24. The van der Waals surface area contributed by atoms with Gasteiger partial charge in [0.1, 0.15) is 4.70 Å². The number of hydrogen-bond acceptors (Lipinski definition) is 2. The number of nitrogens with zero attached hydrogens (tertiary/aromatic N) is 3. The van der Waals surface area contributed by atoms with Crippen LogP contribution in [0.15, 0.2) is 36.7 Å². The number of aryl methyl sites for hydroxylation is 3. The van der Waals surface area contributed by atoms with Gasteiger partial charge in [0.25, 0.3) is 6.33 Å². The zero-order valence-corrected chi connectivity index (χ0v) is 18.0. The Morgan fingerprint density at radius 1 is 1.07 bits per heavy atom. The highest BCUT2D eigenvalue weighted by molar-refractivity contribution is 7.23. The van der Waals surface area contributed by atoms with Gasteiger partial charge in [-0.2, -0.15) is 0 Å². The van der Waals surface area contributed by atoms with Gasteiger partial charge in [-0.1, -0.05) is 45.0 Å². The van der Waals surface area contributed by atoms with Crippen molar-refractivity contribution in [1.29, 1.82) is 0 Å². The van der Waals surface area contributed by atoms with Crippen LogP contribution in [0.4, 0.5) is 5.00 Å². The molecule has 2 aromatic carbocycles. The number of hydrogen-bond donors (Lipinski definition) is 0. The highest BCUT2D eigenvalue weighted by Crippen LogP contribution is 2.43. The first-order chi connectivity index (χ1) is 13.2. The van der Waals surface area contributed by atoms with Crippen LogP contribution < -0.4 is 4.57 Å². The van der Waals surface area contributed by atoms with Gasteiger partial charge >= 0.3 is 0 Å². The largest absolute Gasteiger partial charge is 0.287 e. The second kappa shape index (κ2) is 6.39. The molecule has 4 heteroatoms. The smallest absolute Gasteiger partial charge is 0.231 e. The van der Waals surface area contributed by atoms with Crippen molar-refractivity contribution in [2.24, 2.45) is 7.05 Å². The normalized spacial score (nSPS) is 11.9. The maximum absolute atomic E-state index is 7.51. The molecule has 28 heavy (non-hydrogen) atoms. The van der Waals surface area contributed by atoms with Gasteiger partial charge in [0.15, 0.2) is 11.2 Å². The second-order valence-corrected chi connectivity index (χ2v) is 9.42. The van der Waals surface area contributed by atoms with Crippen molar-refractivity contribution >= 4 is 37.3 Å². The highest BCUT2D eigenvalue weighted by Gasteiger charge is 2.26. The summed E-state index contributed by atoms with van der Waals surface area (Å²) in [5.74, 6) is 0. The van der Waals surface area contributed by atoms with Gasteiger partial charge in [-0.05, 0) is 52.2 Å². The fraction of sp³-hybridized carbons (Fsp3) is 0.292. The molecule has 140 valence electrons. The van der Waals surface area contributed by atoms with E-state index in [9.17, 15) is 0 Å². The monoisotopic (exact) mass is 386 g/mol. The van der Waals surface area contributed by atoms with Crippen molar-refractivity contribution in [3.05, 3.63) is 64.8 Å². The van der Waals surface area contributed by atoms with Gasteiger partial charge in [-0.3, -0.25) is 0 Å². The van der Waals surface area contributed by atoms with E-state index in [0.717, 1.165) is 26.5 Å². The first kappa shape index (κ1) is 18.6. The van der Waals surface area contributed by atoms with Crippen LogP contribution in [0.25, 0.3) is 37.1 Å². The molecule has 4 rings (SSSR count). The molecule has 0 N–H and O–H groups in total. The Balaban J connectivity index is 2.18. The molecule has 0 bridgehead atoms. The number of thiophene rings is 1. The molecule has 0 spiro atoms. The van der Waals surface area contributed by atoms with Crippen molar-refractivity contribution in [2.75, 3.05) is 0 Å². The summed E-state index contributed by atoms with van der Waals surface area (Å²) in [6, 6.07) is 11.0. The van der Waals surface area contributed by atoms with Crippen LogP contribution in [-0.2, 0) is 12.5 Å². The van der Waals surface area contributed by atoms with Crippen LogP contribution in [0, 0.1) is 20.4 Å². The fourth-order valence-corrected chi connectivity index (χ4v) is 5.12. The first-order valence-electron chi connectivity index (χ1n) is 9.42. The Hall–Kier alpha value is -2.77. The maximum atomic E-state index is 7.51. The Bertz CT molecular complexity index is 1280. The van der Waals surface area contributed by atoms with E-state index in [-0.39, 0.29) is 5.41 Å². The number of rotatable bonds is 1. The molecule has 2 aromatic heterocycles. The van der Waals surface area contributed by atoms with E-state index in [4.69, 9.17) is 6.57 Å². The van der Waals surface area contributed by atoms with E-state index >= 15 is 0 Å². The Morgan fingerprint density at radius 3 is 2.39 bits per heavy atom. The zero-order chi connectivity index (χ0) is 20.2. The summed E-state index contributed by atoms with van der Waals surface area (Å²) in [7, 11) is 2.04. The lowest BCUT2D eigenvalue weighted by Crippen LogP contribution is -2.31. The van der Waals surface area contributed by atoms with E-state index < -0.39 is 0 Å². The van der Waals surface area contributed by atoms with Gasteiger partial charge in [-0.25, -0.2) is 9.41 Å². The van der Waals surface area contributed by atoms with E-state index in [0.29, 0.717) is 0 Å². The SMILES string of the molecule is [C-]#[N+]c1sc2c(-c3cc(C(C)(C)C)c4ccccc4c3C)[n+](C)cnc2c1C. The van der Waals surface area contributed by atoms with Gasteiger partial charge in [0.2, 0.25) is 5.00 Å². The third-order valence-electron chi connectivity index (χ3n) is 5.50. The molecule has 2 heterocycles. The molecular weight excluding hydrogens is 362 g/mol. The van der Waals surface area contributed by atoms with Crippen LogP contribution in [0.3, 0.4) is 0 Å². The Morgan fingerprint density at radius 2 is 1.75 bits per heavy atom. The Labute approximate surface area is 170 Å². The number of fused-ring (bicyclic) bond motifs is 2. The third-order valence-corrected chi connectivity index (χ3v) is 6.68. The number of benzene rings is 2. The lowest BCUT2D eigenvalue weighted by molar-refractivity contribution is -0.662. The summed E-state index contributed by atoms with van der Waals surface area (Å²) < 4.78 is 3.18. The van der Waals surface area contributed by atoms with Gasteiger partial charge < -0.3 is 0 Å². The van der Waals surface area contributed by atoms with E-state index in [2.05, 4.69) is 72.4 Å². The molecule has 0 saturated carbocycles. The molecule has 4 aromatic rings. The van der Waals surface area contributed by atoms with Crippen LogP contribution in [0.1, 0.15) is 37.5 Å². The predicted octanol–water partition coefficient (Wildman–Crippen LogP) is 6.41. The van der Waals surface area contributed by atoms with E-state index in [1.807, 2.05) is 20.3 Å². The third kappa shape index (κ3) is 2.70. The van der Waals surface area contributed by atoms with Crippen LogP contribution in [0.2, 0.25) is 0 Å². The van der Waals surface area contributed by atoms with Gasteiger partial charge in [-0.15, -0.1) is 11.3 Å². The van der Waals surface area contributed by atoms with Crippen LogP contribution in [0.5, 0.6) is 0 Å². The van der Waals surface area contributed by atoms with Gasteiger partial charge in [0.05, 0.1) is 13.6 Å². The molecule has 0 fully saturated rings. The van der Waals surface area contributed by atoms with E-state index in [1.165, 1.54) is 27.5 Å². The Kier molecular flexibility index (Phi) is 4.24. The standard InChI is InChI=1S/C24H24N3S/c1-14-16-10-8-9-11-17(16)19(24(3,4)5)12-18(14)21-22-20(26-13-27(21)7)15(2)23(25-6)28-22/h8-13H,1-5,7H3/q+1. The van der Waals surface area contributed by atoms with Crippen molar-refractivity contribution in [2.45, 2.75) is 40.0 Å². The van der Waals surface area contributed by atoms with Crippen molar-refractivity contribution < 1.29 is 4.57 Å². The molecule has 0 radical (unpaired) electrons. The summed E-state index contributed by atoms with van der Waals surface area (Å²) in [4.78, 5) is 8.35. The highest BCUT2D eigenvalue weighted by atomic mass is 32.1. The maximum Gasteiger partial charge on any atom is 0.287 e. The van der Waals surface area contributed by atoms with Crippen molar-refractivity contribution in [3.63, 3.8) is 0 Å². The predicted molar refractivity (Wildman–Crippen MR) is 118 cm³/mol. The average molecular weight is 387 g/mol. The van der Waals surface area contributed by atoms with Crippen molar-refractivity contribution in [1.82, 2.24) is 4.98 Å². The van der Waals surface area contributed by atoms with Gasteiger partial charge in [0, 0.05) is 11.1 Å². The minimum Gasteiger partial charge on any atom is -0.231 e. The fourth-order valence-electron chi connectivity index (χ4n) is 3.98.